The predicted octanol–water partition coefficient (Wildman–Crippen LogP) is 4.81. The molecule has 1 aromatic rings. The van der Waals surface area contributed by atoms with Crippen LogP contribution in [-0.2, 0) is 9.47 Å². The molecule has 0 aliphatic carbocycles. The molecule has 2 amide bonds. The first kappa shape index (κ1) is 18.9. The van der Waals surface area contributed by atoms with Crippen LogP contribution in [0, 0.1) is 12.7 Å². The molecule has 0 heterocycles. The van der Waals surface area contributed by atoms with E-state index < -0.39 is 29.2 Å². The van der Waals surface area contributed by atoms with Gasteiger partial charge in [-0.25, -0.2) is 14.0 Å². The number of nitrogens with zero attached hydrogens (tertiary/aromatic N) is 1. The fourth-order valence-corrected chi connectivity index (χ4v) is 1.69. The van der Waals surface area contributed by atoms with Crippen LogP contribution < -0.4 is 4.90 Å². The number of aryl methyl sites for hydroxylation is 1. The van der Waals surface area contributed by atoms with Crippen molar-refractivity contribution in [2.24, 2.45) is 0 Å². The molecule has 0 fully saturated rings. The lowest BCUT2D eigenvalue weighted by molar-refractivity contribution is 0.0429. The van der Waals surface area contributed by atoms with Crippen molar-refractivity contribution in [3.05, 3.63) is 29.6 Å². The van der Waals surface area contributed by atoms with Gasteiger partial charge in [-0.2, -0.15) is 4.90 Å². The monoisotopic (exact) mass is 325 g/mol. The second kappa shape index (κ2) is 6.56. The predicted molar refractivity (Wildman–Crippen MR) is 86.1 cm³/mol. The number of ether oxygens (including phenoxy) is 2. The lowest BCUT2D eigenvalue weighted by Gasteiger charge is -2.28. The van der Waals surface area contributed by atoms with E-state index in [2.05, 4.69) is 0 Å². The maximum absolute atomic E-state index is 14.4. The Bertz CT molecular complexity index is 572. The molecule has 0 aliphatic rings. The van der Waals surface area contributed by atoms with Crippen molar-refractivity contribution < 1.29 is 23.5 Å². The van der Waals surface area contributed by atoms with Crippen molar-refractivity contribution in [1.82, 2.24) is 0 Å². The first-order valence-electron chi connectivity index (χ1n) is 7.33. The second-order valence-electron chi connectivity index (χ2n) is 7.20. The molecule has 0 atom stereocenters. The summed E-state index contributed by atoms with van der Waals surface area (Å²) in [6.45, 7) is 11.5. The van der Waals surface area contributed by atoms with E-state index in [1.54, 1.807) is 60.6 Å². The first-order chi connectivity index (χ1) is 10.3. The van der Waals surface area contributed by atoms with Crippen LogP contribution in [0.4, 0.5) is 19.7 Å². The SMILES string of the molecule is Cc1cccc(N(C(=O)OC(C)(C)C)C(=O)OC(C)(C)C)c1F. The van der Waals surface area contributed by atoms with Gasteiger partial charge in [0.25, 0.3) is 0 Å². The molecular weight excluding hydrogens is 301 g/mol. The van der Waals surface area contributed by atoms with E-state index in [0.29, 0.717) is 10.5 Å². The molecule has 23 heavy (non-hydrogen) atoms. The summed E-state index contributed by atoms with van der Waals surface area (Å²) in [6.07, 6.45) is -1.98. The summed E-state index contributed by atoms with van der Waals surface area (Å²) in [6, 6.07) is 4.42. The largest absolute Gasteiger partial charge is 0.443 e. The average molecular weight is 325 g/mol. The Morgan fingerprint density at radius 1 is 0.957 bits per heavy atom. The van der Waals surface area contributed by atoms with Crippen LogP contribution in [0.5, 0.6) is 0 Å². The zero-order valence-electron chi connectivity index (χ0n) is 14.7. The van der Waals surface area contributed by atoms with E-state index >= 15 is 0 Å². The maximum Gasteiger partial charge on any atom is 0.424 e. The molecule has 0 saturated heterocycles. The molecule has 0 saturated carbocycles. The minimum atomic E-state index is -0.990. The smallest absolute Gasteiger partial charge is 0.424 e. The summed E-state index contributed by atoms with van der Waals surface area (Å²) in [5.74, 6) is -0.677. The number of amides is 2. The Kier molecular flexibility index (Phi) is 5.40. The van der Waals surface area contributed by atoms with Crippen molar-refractivity contribution in [2.45, 2.75) is 59.7 Å². The van der Waals surface area contributed by atoms with Crippen molar-refractivity contribution in [3.8, 4) is 0 Å². The van der Waals surface area contributed by atoms with Crippen LogP contribution in [-0.4, -0.2) is 23.4 Å². The molecule has 0 bridgehead atoms. The highest BCUT2D eigenvalue weighted by Gasteiger charge is 2.34. The molecule has 6 heteroatoms. The van der Waals surface area contributed by atoms with E-state index in [4.69, 9.17) is 9.47 Å². The molecular formula is C17H24FNO4. The summed E-state index contributed by atoms with van der Waals surface area (Å²) >= 11 is 0. The normalized spacial score (nSPS) is 11.8. The summed E-state index contributed by atoms with van der Waals surface area (Å²) in [7, 11) is 0. The zero-order valence-corrected chi connectivity index (χ0v) is 14.7. The van der Waals surface area contributed by atoms with E-state index in [9.17, 15) is 14.0 Å². The number of benzene rings is 1. The Morgan fingerprint density at radius 3 is 1.78 bits per heavy atom. The number of imide groups is 1. The van der Waals surface area contributed by atoms with Gasteiger partial charge in [-0.15, -0.1) is 0 Å². The van der Waals surface area contributed by atoms with Gasteiger partial charge in [-0.3, -0.25) is 0 Å². The first-order valence-corrected chi connectivity index (χ1v) is 7.33. The molecule has 0 unspecified atom stereocenters. The number of halogens is 1. The van der Waals surface area contributed by atoms with Crippen molar-refractivity contribution >= 4 is 17.9 Å². The van der Waals surface area contributed by atoms with Crippen LogP contribution in [0.15, 0.2) is 18.2 Å². The Labute approximate surface area is 136 Å². The number of anilines is 1. The Hall–Kier alpha value is -2.11. The van der Waals surface area contributed by atoms with Gasteiger partial charge in [0.1, 0.15) is 11.2 Å². The number of hydrogen-bond donors (Lipinski definition) is 0. The lowest BCUT2D eigenvalue weighted by atomic mass is 10.2. The standard InChI is InChI=1S/C17H24FNO4/c1-11-9-8-10-12(13(11)18)19(14(20)22-16(2,3)4)15(21)23-17(5,6)7/h8-10H,1-7H3. The van der Waals surface area contributed by atoms with Gasteiger partial charge >= 0.3 is 12.2 Å². The summed E-state index contributed by atoms with van der Waals surface area (Å²) in [4.78, 5) is 25.4. The molecule has 0 radical (unpaired) electrons. The van der Waals surface area contributed by atoms with E-state index in [-0.39, 0.29) is 5.69 Å². The molecule has 0 N–H and O–H groups in total. The van der Waals surface area contributed by atoms with Gasteiger partial charge in [0, 0.05) is 0 Å². The quantitative estimate of drug-likeness (QED) is 0.743. The van der Waals surface area contributed by atoms with Gasteiger partial charge < -0.3 is 9.47 Å². The second-order valence-corrected chi connectivity index (χ2v) is 7.20. The van der Waals surface area contributed by atoms with Gasteiger partial charge in [0.2, 0.25) is 0 Å². The molecule has 1 aromatic carbocycles. The van der Waals surface area contributed by atoms with Crippen molar-refractivity contribution in [3.63, 3.8) is 0 Å². The molecule has 0 spiro atoms. The summed E-state index contributed by atoms with van der Waals surface area (Å²) in [5.41, 5.74) is -1.57. The molecule has 1 rings (SSSR count). The third kappa shape index (κ3) is 5.54. The third-order valence-corrected chi connectivity index (χ3v) is 2.56. The molecule has 128 valence electrons. The van der Waals surface area contributed by atoms with Gasteiger partial charge in [0.15, 0.2) is 5.82 Å². The number of carbonyl (C=O) groups is 2. The van der Waals surface area contributed by atoms with Gasteiger partial charge in [-0.1, -0.05) is 12.1 Å². The van der Waals surface area contributed by atoms with Gasteiger partial charge in [0.05, 0.1) is 5.69 Å². The maximum atomic E-state index is 14.4. The fraction of sp³-hybridized carbons (Fsp3) is 0.529. The molecule has 0 aromatic heterocycles. The number of rotatable bonds is 1. The van der Waals surface area contributed by atoms with E-state index in [1.807, 2.05) is 0 Å². The average Bonchev–Trinajstić information content (AvgIpc) is 2.30. The topological polar surface area (TPSA) is 55.8 Å². The third-order valence-electron chi connectivity index (χ3n) is 2.56. The van der Waals surface area contributed by atoms with Crippen LogP contribution >= 0.6 is 0 Å². The van der Waals surface area contributed by atoms with Crippen LogP contribution in [0.25, 0.3) is 0 Å². The van der Waals surface area contributed by atoms with Crippen molar-refractivity contribution in [1.29, 1.82) is 0 Å². The summed E-state index contributed by atoms with van der Waals surface area (Å²) in [5, 5.41) is 0. The number of carbonyl (C=O) groups excluding carboxylic acids is 2. The van der Waals surface area contributed by atoms with Crippen molar-refractivity contribution in [2.75, 3.05) is 4.90 Å². The zero-order chi connectivity index (χ0) is 18.0. The fourth-order valence-electron chi connectivity index (χ4n) is 1.69. The van der Waals surface area contributed by atoms with E-state index in [0.717, 1.165) is 0 Å². The molecule has 5 nitrogen and oxygen atoms in total. The Balaban J connectivity index is 3.29. The minimum Gasteiger partial charge on any atom is -0.443 e. The van der Waals surface area contributed by atoms with Crippen LogP contribution in [0.1, 0.15) is 47.1 Å². The highest BCUT2D eigenvalue weighted by Crippen LogP contribution is 2.26. The Morgan fingerprint density at radius 2 is 1.39 bits per heavy atom. The van der Waals surface area contributed by atoms with Crippen LogP contribution in [0.3, 0.4) is 0 Å². The molecule has 0 aliphatic heterocycles. The highest BCUT2D eigenvalue weighted by molar-refractivity contribution is 6.09. The van der Waals surface area contributed by atoms with Crippen LogP contribution in [0.2, 0.25) is 0 Å². The highest BCUT2D eigenvalue weighted by atomic mass is 19.1. The summed E-state index contributed by atoms with van der Waals surface area (Å²) < 4.78 is 24.8. The minimum absolute atomic E-state index is 0.200. The number of hydrogen-bond acceptors (Lipinski definition) is 4. The van der Waals surface area contributed by atoms with E-state index in [1.165, 1.54) is 6.07 Å². The lowest BCUT2D eigenvalue weighted by Crippen LogP contribution is -2.44. The van der Waals surface area contributed by atoms with Gasteiger partial charge in [-0.05, 0) is 60.1 Å².